The standard InChI is InChI=1S/C38H41N3O10/c42-19-18-39-30(44)15-17-40-36(46)37-23-29-31-32(50-38(49-31,27-7-3-1-4-8-27)28-9-5-2-6-10-28)34(37)51-41(33(37)35(45)48-29)24-26-13-11-25(12-14-26)16-21-47-22-20-43/h1-14,16,21,29,31-34,42-43H,15,17-20,22-24H2,(H,39,44)(H,40,46)/t29-,31+,32+,33+,34-,37+/m1/s1. The first-order valence-corrected chi connectivity index (χ1v) is 17.1. The van der Waals surface area contributed by atoms with Crippen LogP contribution < -0.4 is 10.6 Å². The minimum Gasteiger partial charge on any atom is -0.499 e. The van der Waals surface area contributed by atoms with Gasteiger partial charge in [-0.15, -0.1) is 0 Å². The maximum absolute atomic E-state index is 14.5. The van der Waals surface area contributed by atoms with Crippen LogP contribution in [-0.2, 0) is 50.5 Å². The van der Waals surface area contributed by atoms with Crippen LogP contribution in [-0.4, -0.2) is 96.4 Å². The predicted octanol–water partition coefficient (Wildman–Crippen LogP) is 1.77. The van der Waals surface area contributed by atoms with Gasteiger partial charge in [0.15, 0.2) is 6.04 Å². The number of hydrogen-bond donors (Lipinski definition) is 4. The summed E-state index contributed by atoms with van der Waals surface area (Å²) in [5.74, 6) is -2.75. The third-order valence-electron chi connectivity index (χ3n) is 9.84. The second kappa shape index (κ2) is 14.9. The average Bonchev–Trinajstić information content (AvgIpc) is 3.74. The van der Waals surface area contributed by atoms with Crippen molar-refractivity contribution in [3.05, 3.63) is 113 Å². The summed E-state index contributed by atoms with van der Waals surface area (Å²) >= 11 is 0. The first-order chi connectivity index (χ1) is 24.9. The van der Waals surface area contributed by atoms with Crippen LogP contribution in [0.25, 0.3) is 6.08 Å². The van der Waals surface area contributed by atoms with Gasteiger partial charge in [0.25, 0.3) is 0 Å². The summed E-state index contributed by atoms with van der Waals surface area (Å²) in [6.45, 7) is 0.195. The fourth-order valence-corrected chi connectivity index (χ4v) is 7.59. The van der Waals surface area contributed by atoms with E-state index in [1.807, 2.05) is 84.9 Å². The molecular weight excluding hydrogens is 658 g/mol. The number of carbonyl (C=O) groups excluding carboxylic acids is 3. The normalized spacial score (nSPS) is 27.5. The minimum absolute atomic E-state index is 0.0113. The third kappa shape index (κ3) is 6.52. The van der Waals surface area contributed by atoms with Crippen LogP contribution in [0.4, 0.5) is 0 Å². The van der Waals surface area contributed by atoms with Crippen LogP contribution in [0.15, 0.2) is 91.2 Å². The molecule has 1 saturated carbocycles. The summed E-state index contributed by atoms with van der Waals surface area (Å²) in [6, 6.07) is 25.5. The van der Waals surface area contributed by atoms with Crippen LogP contribution in [0.3, 0.4) is 0 Å². The van der Waals surface area contributed by atoms with Crippen molar-refractivity contribution < 1.29 is 48.4 Å². The number of nitrogens with one attached hydrogen (secondary N) is 2. The lowest BCUT2D eigenvalue weighted by atomic mass is 9.62. The van der Waals surface area contributed by atoms with Gasteiger partial charge in [-0.25, -0.2) is 0 Å². The Morgan fingerprint density at radius 3 is 2.24 bits per heavy atom. The molecule has 4 fully saturated rings. The van der Waals surface area contributed by atoms with Crippen LogP contribution in [0.5, 0.6) is 0 Å². The molecule has 3 heterocycles. The van der Waals surface area contributed by atoms with E-state index in [1.54, 1.807) is 6.08 Å². The Balaban J connectivity index is 1.22. The Morgan fingerprint density at radius 1 is 0.882 bits per heavy atom. The quantitative estimate of drug-likeness (QED) is 0.110. The smallest absolute Gasteiger partial charge is 0.327 e. The van der Waals surface area contributed by atoms with E-state index < -0.39 is 53.5 Å². The summed E-state index contributed by atoms with van der Waals surface area (Å²) < 4.78 is 25.2. The molecule has 3 aromatic carbocycles. The molecule has 4 N–H and O–H groups in total. The Bertz CT molecular complexity index is 1680. The zero-order valence-corrected chi connectivity index (χ0v) is 27.9. The maximum atomic E-state index is 14.5. The summed E-state index contributed by atoms with van der Waals surface area (Å²) in [6.07, 6.45) is 0.0427. The highest BCUT2D eigenvalue weighted by atomic mass is 16.8. The lowest BCUT2D eigenvalue weighted by Crippen LogP contribution is -2.69. The van der Waals surface area contributed by atoms with E-state index >= 15 is 0 Å². The van der Waals surface area contributed by atoms with Crippen LogP contribution in [0, 0.1) is 5.41 Å². The molecule has 51 heavy (non-hydrogen) atoms. The Labute approximate surface area is 295 Å². The Kier molecular flexibility index (Phi) is 10.2. The molecule has 3 aliphatic heterocycles. The van der Waals surface area contributed by atoms with Crippen molar-refractivity contribution in [1.29, 1.82) is 0 Å². The summed E-state index contributed by atoms with van der Waals surface area (Å²) in [7, 11) is 0. The number of aliphatic hydroxyl groups excluding tert-OH is 2. The highest BCUT2D eigenvalue weighted by Gasteiger charge is 2.76. The van der Waals surface area contributed by atoms with Crippen molar-refractivity contribution in [2.45, 2.75) is 55.6 Å². The number of hydroxylamine groups is 2. The number of fused-ring (bicyclic) bond motifs is 4. The molecule has 13 heteroatoms. The summed E-state index contributed by atoms with van der Waals surface area (Å²) in [5.41, 5.74) is 1.73. The fraction of sp³-hybridized carbons (Fsp3) is 0.395. The molecule has 2 bridgehead atoms. The van der Waals surface area contributed by atoms with Gasteiger partial charge in [-0.05, 0) is 17.2 Å². The molecular formula is C38H41N3O10. The fourth-order valence-electron chi connectivity index (χ4n) is 7.59. The number of ether oxygens (including phenoxy) is 4. The van der Waals surface area contributed by atoms with Gasteiger partial charge in [0.2, 0.25) is 17.6 Å². The van der Waals surface area contributed by atoms with Gasteiger partial charge >= 0.3 is 5.97 Å². The zero-order chi connectivity index (χ0) is 35.4. The van der Waals surface area contributed by atoms with Crippen LogP contribution in [0.1, 0.15) is 35.1 Å². The molecule has 7 rings (SSSR count). The van der Waals surface area contributed by atoms with Crippen LogP contribution in [0.2, 0.25) is 0 Å². The second-order valence-electron chi connectivity index (χ2n) is 13.0. The Hall–Kier alpha value is -4.63. The molecule has 2 amide bonds. The van der Waals surface area contributed by atoms with Gasteiger partial charge in [-0.3, -0.25) is 19.2 Å². The monoisotopic (exact) mass is 699 g/mol. The molecule has 3 aromatic rings. The van der Waals surface area contributed by atoms with Gasteiger partial charge in [0, 0.05) is 37.1 Å². The number of carbonyl (C=O) groups is 3. The molecule has 3 saturated heterocycles. The SMILES string of the molecule is O=C(CCNC(=O)[C@@]12C[C@H]3OC(=O)[C@@H]1N(Cc1ccc(C=COCCO)cc1)O[C@@H]2[C@H]1OC(c2ccccc2)(c2ccccc2)O[C@H]13)NCCO. The van der Waals surface area contributed by atoms with Gasteiger partial charge < -0.3 is 39.8 Å². The summed E-state index contributed by atoms with van der Waals surface area (Å²) in [4.78, 5) is 47.5. The lowest BCUT2D eigenvalue weighted by molar-refractivity contribution is -0.213. The highest BCUT2D eigenvalue weighted by Crippen LogP contribution is 2.59. The van der Waals surface area contributed by atoms with E-state index in [1.165, 1.54) is 11.3 Å². The number of rotatable bonds is 14. The topological polar surface area (TPSA) is 165 Å². The van der Waals surface area contributed by atoms with E-state index in [-0.39, 0.29) is 58.2 Å². The largest absolute Gasteiger partial charge is 0.499 e. The summed E-state index contributed by atoms with van der Waals surface area (Å²) in [5, 5.41) is 25.0. The number of esters is 1. The van der Waals surface area contributed by atoms with E-state index in [0.29, 0.717) is 0 Å². The number of hydrogen-bond acceptors (Lipinski definition) is 11. The van der Waals surface area contributed by atoms with Crippen molar-refractivity contribution in [3.8, 4) is 0 Å². The van der Waals surface area contributed by atoms with E-state index in [2.05, 4.69) is 10.6 Å². The first-order valence-electron chi connectivity index (χ1n) is 17.1. The molecule has 0 aromatic heterocycles. The first kappa shape index (κ1) is 34.8. The van der Waals surface area contributed by atoms with Crippen molar-refractivity contribution in [1.82, 2.24) is 15.7 Å². The molecule has 6 atom stereocenters. The molecule has 0 radical (unpaired) electrons. The van der Waals surface area contributed by atoms with E-state index in [9.17, 15) is 14.4 Å². The highest BCUT2D eigenvalue weighted by molar-refractivity contribution is 5.94. The second-order valence-corrected chi connectivity index (χ2v) is 13.0. The number of amides is 2. The Morgan fingerprint density at radius 2 is 1.57 bits per heavy atom. The molecule has 13 nitrogen and oxygen atoms in total. The molecule has 0 unspecified atom stereocenters. The molecule has 0 spiro atoms. The predicted molar refractivity (Wildman–Crippen MR) is 181 cm³/mol. The van der Waals surface area contributed by atoms with Crippen molar-refractivity contribution in [2.75, 3.05) is 32.9 Å². The number of nitrogens with zero attached hydrogens (tertiary/aromatic N) is 1. The lowest BCUT2D eigenvalue weighted by Gasteiger charge is -2.48. The van der Waals surface area contributed by atoms with Gasteiger partial charge in [0.1, 0.15) is 36.4 Å². The van der Waals surface area contributed by atoms with E-state index in [0.717, 1.165) is 22.3 Å². The maximum Gasteiger partial charge on any atom is 0.327 e. The van der Waals surface area contributed by atoms with Crippen molar-refractivity contribution in [2.24, 2.45) is 5.41 Å². The van der Waals surface area contributed by atoms with E-state index in [4.69, 9.17) is 34.0 Å². The minimum atomic E-state index is -1.43. The third-order valence-corrected chi connectivity index (χ3v) is 9.84. The molecule has 1 aliphatic carbocycles. The van der Waals surface area contributed by atoms with Crippen molar-refractivity contribution >= 4 is 23.9 Å². The number of benzene rings is 3. The van der Waals surface area contributed by atoms with Gasteiger partial charge in [-0.2, -0.15) is 5.06 Å². The van der Waals surface area contributed by atoms with Crippen molar-refractivity contribution in [3.63, 3.8) is 0 Å². The zero-order valence-electron chi connectivity index (χ0n) is 27.9. The van der Waals surface area contributed by atoms with Crippen LogP contribution >= 0.6 is 0 Å². The molecule has 4 aliphatic rings. The van der Waals surface area contributed by atoms with Gasteiger partial charge in [-0.1, -0.05) is 84.9 Å². The molecule has 268 valence electrons. The van der Waals surface area contributed by atoms with Gasteiger partial charge in [0.05, 0.1) is 26.0 Å². The number of aliphatic hydroxyl groups is 2. The average molecular weight is 700 g/mol.